The Morgan fingerprint density at radius 2 is 2.11 bits per heavy atom. The summed E-state index contributed by atoms with van der Waals surface area (Å²) in [6.07, 6.45) is 0. The van der Waals surface area contributed by atoms with Gasteiger partial charge in [-0.15, -0.1) is 0 Å². The number of benzene rings is 1. The van der Waals surface area contributed by atoms with Gasteiger partial charge in [-0.25, -0.2) is 4.39 Å². The predicted octanol–water partition coefficient (Wildman–Crippen LogP) is 2.27. The Hall–Kier alpha value is -1.62. The molecule has 1 aromatic carbocycles. The van der Waals surface area contributed by atoms with E-state index < -0.39 is 11.4 Å². The Morgan fingerprint density at radius 1 is 1.42 bits per heavy atom. The van der Waals surface area contributed by atoms with Gasteiger partial charge in [0.05, 0.1) is 13.7 Å². The SMILES string of the molecule is CCOc1ccc(CNC(C)(C)C(=O)OC)cc1F. The molecule has 4 nitrogen and oxygen atoms in total. The summed E-state index contributed by atoms with van der Waals surface area (Å²) in [4.78, 5) is 11.5. The van der Waals surface area contributed by atoms with Gasteiger partial charge in [-0.1, -0.05) is 6.07 Å². The maximum Gasteiger partial charge on any atom is 0.325 e. The van der Waals surface area contributed by atoms with E-state index in [4.69, 9.17) is 4.74 Å². The molecule has 1 rings (SSSR count). The minimum atomic E-state index is -0.816. The molecule has 0 spiro atoms. The monoisotopic (exact) mass is 269 g/mol. The molecular formula is C14H20FNO3. The second-order valence-electron chi connectivity index (χ2n) is 4.67. The molecule has 0 unspecified atom stereocenters. The molecule has 1 aromatic rings. The minimum absolute atomic E-state index is 0.235. The van der Waals surface area contributed by atoms with Gasteiger partial charge in [-0.2, -0.15) is 0 Å². The predicted molar refractivity (Wildman–Crippen MR) is 70.5 cm³/mol. The molecular weight excluding hydrogens is 249 g/mol. The van der Waals surface area contributed by atoms with Crippen molar-refractivity contribution in [3.63, 3.8) is 0 Å². The molecule has 0 radical (unpaired) electrons. The van der Waals surface area contributed by atoms with Crippen LogP contribution < -0.4 is 10.1 Å². The molecule has 1 N–H and O–H groups in total. The van der Waals surface area contributed by atoms with E-state index in [1.807, 2.05) is 0 Å². The number of halogens is 1. The number of rotatable bonds is 6. The van der Waals surface area contributed by atoms with Gasteiger partial charge in [0.25, 0.3) is 0 Å². The highest BCUT2D eigenvalue weighted by molar-refractivity contribution is 5.79. The van der Waals surface area contributed by atoms with Crippen molar-refractivity contribution in [2.75, 3.05) is 13.7 Å². The second kappa shape index (κ2) is 6.52. The van der Waals surface area contributed by atoms with Gasteiger partial charge >= 0.3 is 5.97 Å². The second-order valence-corrected chi connectivity index (χ2v) is 4.67. The smallest absolute Gasteiger partial charge is 0.325 e. The maximum atomic E-state index is 13.6. The molecule has 0 amide bonds. The molecule has 0 fully saturated rings. The third kappa shape index (κ3) is 4.21. The summed E-state index contributed by atoms with van der Waals surface area (Å²) in [7, 11) is 1.34. The van der Waals surface area contributed by atoms with Gasteiger partial charge in [0.1, 0.15) is 5.54 Å². The van der Waals surface area contributed by atoms with Crippen molar-refractivity contribution in [3.05, 3.63) is 29.6 Å². The van der Waals surface area contributed by atoms with Crippen LogP contribution in [-0.2, 0) is 16.1 Å². The van der Waals surface area contributed by atoms with Crippen LogP contribution in [0.25, 0.3) is 0 Å². The van der Waals surface area contributed by atoms with E-state index in [-0.39, 0.29) is 11.7 Å². The first-order valence-corrected chi connectivity index (χ1v) is 6.15. The zero-order valence-corrected chi connectivity index (χ0v) is 11.7. The first-order valence-electron chi connectivity index (χ1n) is 6.15. The lowest BCUT2D eigenvalue weighted by Crippen LogP contribution is -2.46. The molecule has 0 saturated carbocycles. The van der Waals surface area contributed by atoms with Crippen molar-refractivity contribution in [1.29, 1.82) is 0 Å². The zero-order chi connectivity index (χ0) is 14.5. The quantitative estimate of drug-likeness (QED) is 0.805. The lowest BCUT2D eigenvalue weighted by Gasteiger charge is -2.23. The molecule has 0 atom stereocenters. The normalized spacial score (nSPS) is 11.2. The van der Waals surface area contributed by atoms with Crippen LogP contribution in [0.3, 0.4) is 0 Å². The highest BCUT2D eigenvalue weighted by Crippen LogP contribution is 2.18. The number of nitrogens with one attached hydrogen (secondary N) is 1. The van der Waals surface area contributed by atoms with Crippen molar-refractivity contribution in [2.45, 2.75) is 32.9 Å². The molecule has 0 aliphatic carbocycles. The molecule has 0 aromatic heterocycles. The summed E-state index contributed by atoms with van der Waals surface area (Å²) in [5.74, 6) is -0.533. The topological polar surface area (TPSA) is 47.6 Å². The Morgan fingerprint density at radius 3 is 2.63 bits per heavy atom. The van der Waals surface area contributed by atoms with Crippen LogP contribution in [0.5, 0.6) is 5.75 Å². The molecule has 0 saturated heterocycles. The Bertz CT molecular complexity index is 446. The van der Waals surface area contributed by atoms with Crippen LogP contribution in [0, 0.1) is 5.82 Å². The Balaban J connectivity index is 2.68. The molecule has 0 aliphatic heterocycles. The van der Waals surface area contributed by atoms with Crippen LogP contribution >= 0.6 is 0 Å². The summed E-state index contributed by atoms with van der Waals surface area (Å²) in [5, 5.41) is 3.02. The molecule has 0 bridgehead atoms. The summed E-state index contributed by atoms with van der Waals surface area (Å²) in [5.41, 5.74) is -0.0815. The highest BCUT2D eigenvalue weighted by Gasteiger charge is 2.27. The van der Waals surface area contributed by atoms with Gasteiger partial charge in [-0.3, -0.25) is 10.1 Å². The molecule has 106 valence electrons. The van der Waals surface area contributed by atoms with E-state index in [0.717, 1.165) is 5.56 Å². The van der Waals surface area contributed by atoms with E-state index in [1.54, 1.807) is 32.9 Å². The van der Waals surface area contributed by atoms with E-state index in [2.05, 4.69) is 10.1 Å². The fourth-order valence-electron chi connectivity index (χ4n) is 1.58. The van der Waals surface area contributed by atoms with Crippen molar-refractivity contribution in [3.8, 4) is 5.75 Å². The van der Waals surface area contributed by atoms with Gasteiger partial charge in [0.15, 0.2) is 11.6 Å². The van der Waals surface area contributed by atoms with E-state index in [0.29, 0.717) is 13.2 Å². The van der Waals surface area contributed by atoms with Crippen molar-refractivity contribution in [2.24, 2.45) is 0 Å². The van der Waals surface area contributed by atoms with Crippen LogP contribution in [-0.4, -0.2) is 25.2 Å². The van der Waals surface area contributed by atoms with E-state index in [9.17, 15) is 9.18 Å². The highest BCUT2D eigenvalue weighted by atomic mass is 19.1. The van der Waals surface area contributed by atoms with Crippen LogP contribution in [0.1, 0.15) is 26.3 Å². The van der Waals surface area contributed by atoms with E-state index >= 15 is 0 Å². The maximum absolute atomic E-state index is 13.6. The largest absolute Gasteiger partial charge is 0.491 e. The fourth-order valence-corrected chi connectivity index (χ4v) is 1.58. The number of carbonyl (C=O) groups excluding carboxylic acids is 1. The van der Waals surface area contributed by atoms with Crippen LogP contribution in [0.4, 0.5) is 4.39 Å². The summed E-state index contributed by atoms with van der Waals surface area (Å²) >= 11 is 0. The number of hydrogen-bond donors (Lipinski definition) is 1. The number of hydrogen-bond acceptors (Lipinski definition) is 4. The fraction of sp³-hybridized carbons (Fsp3) is 0.500. The third-order valence-corrected chi connectivity index (χ3v) is 2.73. The third-order valence-electron chi connectivity index (χ3n) is 2.73. The van der Waals surface area contributed by atoms with Crippen molar-refractivity contribution in [1.82, 2.24) is 5.32 Å². The van der Waals surface area contributed by atoms with Gasteiger partial charge < -0.3 is 9.47 Å². The summed E-state index contributed by atoms with van der Waals surface area (Å²) in [6.45, 7) is 6.01. The van der Waals surface area contributed by atoms with Crippen LogP contribution in [0.2, 0.25) is 0 Å². The molecule has 5 heteroatoms. The molecule has 0 aliphatic rings. The van der Waals surface area contributed by atoms with Crippen LogP contribution in [0.15, 0.2) is 18.2 Å². The molecule has 0 heterocycles. The number of esters is 1. The first kappa shape index (κ1) is 15.4. The standard InChI is InChI=1S/C14H20FNO3/c1-5-19-12-7-6-10(8-11(12)15)9-16-14(2,3)13(17)18-4/h6-8,16H,5,9H2,1-4H3. The van der Waals surface area contributed by atoms with Gasteiger partial charge in [0.2, 0.25) is 0 Å². The van der Waals surface area contributed by atoms with E-state index in [1.165, 1.54) is 13.2 Å². The average molecular weight is 269 g/mol. The van der Waals surface area contributed by atoms with Gasteiger partial charge in [0, 0.05) is 6.54 Å². The lowest BCUT2D eigenvalue weighted by molar-refractivity contribution is -0.147. The number of carbonyl (C=O) groups is 1. The van der Waals surface area contributed by atoms with Crippen molar-refractivity contribution < 1.29 is 18.7 Å². The lowest BCUT2D eigenvalue weighted by atomic mass is 10.1. The van der Waals surface area contributed by atoms with Crippen molar-refractivity contribution >= 4 is 5.97 Å². The summed E-state index contributed by atoms with van der Waals surface area (Å²) in [6, 6.07) is 4.74. The average Bonchev–Trinajstić information content (AvgIpc) is 2.38. The minimum Gasteiger partial charge on any atom is -0.491 e. The number of methoxy groups -OCH3 is 1. The first-order chi connectivity index (χ1) is 8.90. The Kier molecular flexibility index (Phi) is 5.30. The summed E-state index contributed by atoms with van der Waals surface area (Å²) < 4.78 is 23.4. The number of ether oxygens (including phenoxy) is 2. The molecule has 19 heavy (non-hydrogen) atoms. The zero-order valence-electron chi connectivity index (χ0n) is 11.7. The van der Waals surface area contributed by atoms with Gasteiger partial charge in [-0.05, 0) is 38.5 Å². The Labute approximate surface area is 112 Å².